The molecule has 4 N–H and O–H groups in total. The third-order valence-corrected chi connectivity index (χ3v) is 5.38. The van der Waals surface area contributed by atoms with Crippen LogP contribution in [0.2, 0.25) is 0 Å². The third-order valence-electron chi connectivity index (χ3n) is 5.38. The molecule has 8 nitrogen and oxygen atoms in total. The van der Waals surface area contributed by atoms with Gasteiger partial charge in [-0.1, -0.05) is 74.5 Å². The molecular formula is C30H30CaO8. The summed E-state index contributed by atoms with van der Waals surface area (Å²) in [5.74, 6) is -0.808. The molecule has 2 atom stereocenters. The predicted octanol–water partition coefficient (Wildman–Crippen LogP) is 2.63. The Balaban J connectivity index is 0.000000688. The largest absolute Gasteiger partial charge is 2.00 e. The Bertz CT molecular complexity index is 1180. The van der Waals surface area contributed by atoms with Crippen molar-refractivity contribution in [2.45, 2.75) is 25.7 Å². The Morgan fingerprint density at radius 2 is 0.846 bits per heavy atom. The van der Waals surface area contributed by atoms with Gasteiger partial charge in [-0.3, -0.25) is 0 Å². The Morgan fingerprint density at radius 1 is 0.538 bits per heavy atom. The number of carboxylic acids is 2. The van der Waals surface area contributed by atoms with E-state index in [4.69, 9.17) is 9.47 Å². The topological polar surface area (TPSA) is 162 Å². The molecule has 0 aliphatic heterocycles. The number of carbonyl (C=O) groups is 2. The van der Waals surface area contributed by atoms with Crippen LogP contribution in [0.3, 0.4) is 0 Å². The van der Waals surface area contributed by atoms with Gasteiger partial charge in [0.25, 0.3) is 0 Å². The molecule has 0 aliphatic rings. The van der Waals surface area contributed by atoms with E-state index in [9.17, 15) is 19.8 Å². The quantitative estimate of drug-likeness (QED) is 0.302. The van der Waals surface area contributed by atoms with Crippen molar-refractivity contribution in [1.82, 2.24) is 0 Å². The molecule has 0 radical (unpaired) electrons. The summed E-state index contributed by atoms with van der Waals surface area (Å²) in [6.07, 6.45) is 0. The Morgan fingerprint density at radius 3 is 1.15 bits per heavy atom. The number of ether oxygens (including phenoxy) is 2. The van der Waals surface area contributed by atoms with Gasteiger partial charge in [-0.05, 0) is 59.7 Å². The first-order valence-corrected chi connectivity index (χ1v) is 11.4. The van der Waals surface area contributed by atoms with Gasteiger partial charge in [0.2, 0.25) is 0 Å². The van der Waals surface area contributed by atoms with Crippen molar-refractivity contribution in [3.8, 4) is 23.0 Å². The van der Waals surface area contributed by atoms with Crippen LogP contribution < -0.4 is 19.7 Å². The van der Waals surface area contributed by atoms with Crippen molar-refractivity contribution >= 4 is 49.7 Å². The monoisotopic (exact) mass is 558 g/mol. The van der Waals surface area contributed by atoms with E-state index in [1.54, 1.807) is 62.4 Å². The van der Waals surface area contributed by atoms with Crippen LogP contribution in [0.25, 0.3) is 0 Å². The fourth-order valence-corrected chi connectivity index (χ4v) is 3.22. The van der Waals surface area contributed by atoms with E-state index in [0.29, 0.717) is 22.6 Å². The molecule has 0 bridgehead atoms. The van der Waals surface area contributed by atoms with E-state index < -0.39 is 23.8 Å². The third kappa shape index (κ3) is 11.5. The van der Waals surface area contributed by atoms with E-state index in [1.165, 1.54) is 0 Å². The maximum atomic E-state index is 10.8. The molecule has 0 amide bonds. The summed E-state index contributed by atoms with van der Waals surface area (Å²) in [7, 11) is 0. The molecule has 4 aromatic carbocycles. The minimum absolute atomic E-state index is 0. The second kappa shape index (κ2) is 18.0. The zero-order chi connectivity index (χ0) is 25.9. The number of carboxylic acid groups (broad SMARTS) is 2. The number of rotatable bonds is 8. The van der Waals surface area contributed by atoms with Gasteiger partial charge in [-0.2, -0.15) is 0 Å². The number of para-hydroxylation sites is 2. The summed E-state index contributed by atoms with van der Waals surface area (Å²) in [6.45, 7) is 3.19. The molecule has 0 aliphatic carbocycles. The average Bonchev–Trinajstić information content (AvgIpc) is 2.89. The van der Waals surface area contributed by atoms with Crippen molar-refractivity contribution in [3.05, 3.63) is 120 Å². The van der Waals surface area contributed by atoms with Crippen molar-refractivity contribution in [2.75, 3.05) is 0 Å². The smallest absolute Gasteiger partial charge is 0.550 e. The van der Waals surface area contributed by atoms with Gasteiger partial charge in [0.05, 0.1) is 0 Å². The second-order valence-electron chi connectivity index (χ2n) is 8.06. The molecule has 4 aromatic rings. The number of aliphatic carboxylic acids is 2. The maximum absolute atomic E-state index is 10.8. The molecule has 0 saturated heterocycles. The first-order valence-electron chi connectivity index (χ1n) is 11.4. The van der Waals surface area contributed by atoms with Crippen molar-refractivity contribution < 1.29 is 40.2 Å². The van der Waals surface area contributed by atoms with Crippen LogP contribution in [0, 0.1) is 0 Å². The average molecular weight is 559 g/mol. The minimum Gasteiger partial charge on any atom is -0.550 e. The van der Waals surface area contributed by atoms with Gasteiger partial charge >= 0.3 is 37.7 Å². The number of hydrogen-bond acceptors (Lipinski definition) is 6. The number of hydrogen-bond donors (Lipinski definition) is 0. The van der Waals surface area contributed by atoms with Gasteiger partial charge in [-0.25, -0.2) is 0 Å². The number of carbonyl (C=O) groups excluding carboxylic acids is 2. The van der Waals surface area contributed by atoms with E-state index in [2.05, 4.69) is 0 Å². The number of benzene rings is 4. The summed E-state index contributed by atoms with van der Waals surface area (Å²) < 4.78 is 11.3. The van der Waals surface area contributed by atoms with Crippen molar-refractivity contribution in [3.63, 3.8) is 0 Å². The minimum atomic E-state index is -1.09. The van der Waals surface area contributed by atoms with Gasteiger partial charge < -0.3 is 40.2 Å². The molecule has 0 saturated carbocycles. The van der Waals surface area contributed by atoms with Gasteiger partial charge in [0.15, 0.2) is 0 Å². The SMILES string of the molecule is CC(C(=O)[O-])c1cccc(Oc2ccccc2)c1.CC(C(=O)[O-])c1cccc(Oc2ccccc2)c1.O.O.[Ca+2]. The van der Waals surface area contributed by atoms with Crippen LogP contribution >= 0.6 is 0 Å². The first kappa shape index (κ1) is 35.6. The molecule has 4 rings (SSSR count). The summed E-state index contributed by atoms with van der Waals surface area (Å²) in [5.41, 5.74) is 1.34. The standard InChI is InChI=1S/2C15H14O3.Ca.2H2O/c2*1-11(15(16)17)12-6-5-9-14(10-12)18-13-7-3-2-4-8-13;;;/h2*2-11H,1H3,(H,16,17);;2*1H2/q;;+2;;/p-2. The van der Waals surface area contributed by atoms with E-state index in [0.717, 1.165) is 11.5 Å². The van der Waals surface area contributed by atoms with Crippen molar-refractivity contribution in [1.29, 1.82) is 0 Å². The van der Waals surface area contributed by atoms with Crippen molar-refractivity contribution in [2.24, 2.45) is 0 Å². The molecule has 9 heteroatoms. The van der Waals surface area contributed by atoms with Crippen LogP contribution in [0.1, 0.15) is 36.8 Å². The molecule has 0 spiro atoms. The molecule has 0 fully saturated rings. The van der Waals surface area contributed by atoms with E-state index in [1.807, 2.05) is 60.7 Å². The van der Waals surface area contributed by atoms with Crippen LogP contribution in [0.15, 0.2) is 109 Å². The normalized spacial score (nSPS) is 10.9. The van der Waals surface area contributed by atoms with Gasteiger partial charge in [-0.15, -0.1) is 0 Å². The molecule has 2 unspecified atom stereocenters. The summed E-state index contributed by atoms with van der Waals surface area (Å²) in [4.78, 5) is 21.6. The van der Waals surface area contributed by atoms with Gasteiger partial charge in [0, 0.05) is 23.8 Å². The van der Waals surface area contributed by atoms with Crippen LogP contribution in [-0.4, -0.2) is 60.6 Å². The zero-order valence-corrected chi connectivity index (χ0v) is 23.9. The van der Waals surface area contributed by atoms with E-state index in [-0.39, 0.29) is 48.7 Å². The zero-order valence-electron chi connectivity index (χ0n) is 21.7. The van der Waals surface area contributed by atoms with Crippen LogP contribution in [0.4, 0.5) is 0 Å². The fourth-order valence-electron chi connectivity index (χ4n) is 3.22. The van der Waals surface area contributed by atoms with Crippen LogP contribution in [-0.2, 0) is 9.59 Å². The maximum Gasteiger partial charge on any atom is 2.00 e. The van der Waals surface area contributed by atoms with Gasteiger partial charge in [0.1, 0.15) is 23.0 Å². The molecule has 0 aromatic heterocycles. The molecule has 200 valence electrons. The molecule has 39 heavy (non-hydrogen) atoms. The Kier molecular flexibility index (Phi) is 16.4. The fraction of sp³-hybridized carbons (Fsp3) is 0.133. The molecular weight excluding hydrogens is 528 g/mol. The molecule has 0 heterocycles. The van der Waals surface area contributed by atoms with E-state index >= 15 is 0 Å². The summed E-state index contributed by atoms with van der Waals surface area (Å²) >= 11 is 0. The first-order chi connectivity index (χ1) is 17.3. The second-order valence-corrected chi connectivity index (χ2v) is 8.06. The Labute approximate surface area is 257 Å². The predicted molar refractivity (Wildman–Crippen MR) is 146 cm³/mol. The Hall–Kier alpha value is -3.40. The summed E-state index contributed by atoms with van der Waals surface area (Å²) in [5, 5.41) is 21.6. The van der Waals surface area contributed by atoms with Crippen LogP contribution in [0.5, 0.6) is 23.0 Å². The summed E-state index contributed by atoms with van der Waals surface area (Å²) in [6, 6.07) is 32.7.